The van der Waals surface area contributed by atoms with E-state index in [-0.39, 0.29) is 5.56 Å². The van der Waals surface area contributed by atoms with Gasteiger partial charge in [-0.15, -0.1) is 0 Å². The Morgan fingerprint density at radius 3 is 2.06 bits per heavy atom. The van der Waals surface area contributed by atoms with Crippen LogP contribution in [0.2, 0.25) is 0 Å². The highest BCUT2D eigenvalue weighted by molar-refractivity contribution is 5.98. The highest BCUT2D eigenvalue weighted by Gasteiger charge is 2.23. The van der Waals surface area contributed by atoms with Gasteiger partial charge in [-0.3, -0.25) is 34.5 Å². The molecule has 0 saturated carbocycles. The Bertz CT molecular complexity index is 1030. The van der Waals surface area contributed by atoms with Crippen molar-refractivity contribution in [1.29, 1.82) is 0 Å². The van der Waals surface area contributed by atoms with Gasteiger partial charge in [-0.25, -0.2) is 5.48 Å². The van der Waals surface area contributed by atoms with Gasteiger partial charge in [0.05, 0.1) is 13.0 Å². The van der Waals surface area contributed by atoms with E-state index < -0.39 is 61.2 Å². The molecule has 0 aromatic heterocycles. The average molecular weight is 471 g/mol. The van der Waals surface area contributed by atoms with E-state index in [1.165, 1.54) is 5.48 Å². The number of hydrogen-bond donors (Lipinski definition) is 7. The fraction of sp³-hybridized carbons (Fsp3) is 0.227. The molecule has 180 valence electrons. The lowest BCUT2D eigenvalue weighted by Gasteiger charge is -2.18. The molecule has 12 heteroatoms. The minimum absolute atomic E-state index is 0.249. The van der Waals surface area contributed by atoms with E-state index in [0.717, 1.165) is 11.1 Å². The number of nitrogens with one attached hydrogen (secondary N) is 4. The minimum atomic E-state index is -1.37. The molecule has 2 aromatic carbocycles. The number of primary amides is 1. The number of carboxylic acid groups (broad SMARTS) is 1. The number of benzene rings is 2. The summed E-state index contributed by atoms with van der Waals surface area (Å²) in [4.78, 5) is 58.5. The van der Waals surface area contributed by atoms with Crippen LogP contribution in [0.4, 0.5) is 0 Å². The molecule has 2 aromatic rings. The van der Waals surface area contributed by atoms with E-state index >= 15 is 0 Å². The maximum atomic E-state index is 12.6. The Kier molecular flexibility index (Phi) is 9.68. The van der Waals surface area contributed by atoms with E-state index in [9.17, 15) is 24.0 Å². The standard InChI is InChI=1S/C22H25N5O7/c23-18(28)10-16(22(32)33)24-12-19(29)25-11-17(21(31)27-34)26-20(30)15-8-6-14(7-9-15)13-4-2-1-3-5-13/h1-9,16-17,24,34H,10-12H2,(H2,23,28)(H,25,29)(H,26,30)(H,27,31)(H,32,33)/t16?,17-/m0/s1. The van der Waals surface area contributed by atoms with Gasteiger partial charge in [0, 0.05) is 12.1 Å². The molecule has 0 aliphatic carbocycles. The highest BCUT2D eigenvalue weighted by atomic mass is 16.5. The third kappa shape index (κ3) is 8.00. The van der Waals surface area contributed by atoms with E-state index in [4.69, 9.17) is 16.0 Å². The predicted molar refractivity (Wildman–Crippen MR) is 119 cm³/mol. The van der Waals surface area contributed by atoms with Crippen LogP contribution >= 0.6 is 0 Å². The van der Waals surface area contributed by atoms with Gasteiger partial charge in [0.1, 0.15) is 12.1 Å². The summed E-state index contributed by atoms with van der Waals surface area (Å²) in [7, 11) is 0. The zero-order valence-electron chi connectivity index (χ0n) is 18.0. The van der Waals surface area contributed by atoms with Crippen LogP contribution in [-0.2, 0) is 19.2 Å². The molecule has 34 heavy (non-hydrogen) atoms. The average Bonchev–Trinajstić information content (AvgIpc) is 2.83. The lowest BCUT2D eigenvalue weighted by Crippen LogP contribution is -2.53. The molecule has 1 unspecified atom stereocenters. The number of amides is 4. The van der Waals surface area contributed by atoms with Crippen LogP contribution in [-0.4, -0.2) is 65.1 Å². The van der Waals surface area contributed by atoms with Crippen LogP contribution in [0.25, 0.3) is 11.1 Å². The first kappa shape index (κ1) is 26.0. The monoisotopic (exact) mass is 471 g/mol. The maximum Gasteiger partial charge on any atom is 0.321 e. The van der Waals surface area contributed by atoms with Gasteiger partial charge < -0.3 is 21.5 Å². The van der Waals surface area contributed by atoms with Crippen LogP contribution in [0.5, 0.6) is 0 Å². The zero-order valence-corrected chi connectivity index (χ0v) is 18.0. The highest BCUT2D eigenvalue weighted by Crippen LogP contribution is 2.19. The molecule has 2 rings (SSSR count). The van der Waals surface area contributed by atoms with Gasteiger partial charge >= 0.3 is 5.97 Å². The second-order valence-corrected chi connectivity index (χ2v) is 7.19. The van der Waals surface area contributed by atoms with Crippen molar-refractivity contribution >= 4 is 29.6 Å². The molecule has 0 saturated heterocycles. The number of hydroxylamine groups is 1. The molecule has 0 heterocycles. The van der Waals surface area contributed by atoms with Crippen molar-refractivity contribution in [3.63, 3.8) is 0 Å². The van der Waals surface area contributed by atoms with Gasteiger partial charge in [0.2, 0.25) is 11.8 Å². The van der Waals surface area contributed by atoms with Crippen molar-refractivity contribution < 1.29 is 34.3 Å². The first-order valence-electron chi connectivity index (χ1n) is 10.1. The molecule has 0 radical (unpaired) electrons. The summed E-state index contributed by atoms with van der Waals surface area (Å²) < 4.78 is 0. The molecular weight excluding hydrogens is 446 g/mol. The summed E-state index contributed by atoms with van der Waals surface area (Å²) in [5, 5.41) is 25.1. The van der Waals surface area contributed by atoms with Crippen LogP contribution in [0.3, 0.4) is 0 Å². The number of rotatable bonds is 12. The SMILES string of the molecule is NC(=O)CC(NCC(=O)NC[C@H](NC(=O)c1ccc(-c2ccccc2)cc1)C(=O)NO)C(=O)O. The van der Waals surface area contributed by atoms with Crippen molar-refractivity contribution in [2.45, 2.75) is 18.5 Å². The van der Waals surface area contributed by atoms with Crippen LogP contribution in [0.15, 0.2) is 54.6 Å². The Morgan fingerprint density at radius 1 is 0.882 bits per heavy atom. The number of carbonyl (C=O) groups excluding carboxylic acids is 4. The number of carbonyl (C=O) groups is 5. The van der Waals surface area contributed by atoms with Gasteiger partial charge in [-0.1, -0.05) is 42.5 Å². The van der Waals surface area contributed by atoms with Crippen molar-refractivity contribution in [3.8, 4) is 11.1 Å². The van der Waals surface area contributed by atoms with E-state index in [1.807, 2.05) is 30.3 Å². The quantitative estimate of drug-likeness (QED) is 0.151. The maximum absolute atomic E-state index is 12.6. The summed E-state index contributed by atoms with van der Waals surface area (Å²) >= 11 is 0. The fourth-order valence-electron chi connectivity index (χ4n) is 2.92. The van der Waals surface area contributed by atoms with Crippen molar-refractivity contribution in [1.82, 2.24) is 21.4 Å². The number of aliphatic carboxylic acids is 1. The summed E-state index contributed by atoms with van der Waals surface area (Å²) in [5.41, 5.74) is 8.48. The van der Waals surface area contributed by atoms with Gasteiger partial charge in [-0.05, 0) is 23.3 Å². The second kappa shape index (κ2) is 12.7. The summed E-state index contributed by atoms with van der Waals surface area (Å²) in [6, 6.07) is 13.4. The summed E-state index contributed by atoms with van der Waals surface area (Å²) in [6.45, 7) is -0.888. The molecule has 4 amide bonds. The van der Waals surface area contributed by atoms with Gasteiger partial charge in [-0.2, -0.15) is 0 Å². The Balaban J connectivity index is 1.94. The summed E-state index contributed by atoms with van der Waals surface area (Å²) in [6.07, 6.45) is -0.517. The van der Waals surface area contributed by atoms with Crippen molar-refractivity contribution in [2.24, 2.45) is 5.73 Å². The molecule has 0 spiro atoms. The first-order valence-corrected chi connectivity index (χ1v) is 10.1. The molecule has 8 N–H and O–H groups in total. The zero-order chi connectivity index (χ0) is 25.1. The van der Waals surface area contributed by atoms with E-state index in [2.05, 4.69) is 16.0 Å². The van der Waals surface area contributed by atoms with Crippen LogP contribution in [0.1, 0.15) is 16.8 Å². The number of hydrogen-bond acceptors (Lipinski definition) is 7. The summed E-state index contributed by atoms with van der Waals surface area (Å²) in [5.74, 6) is -4.53. The van der Waals surface area contributed by atoms with Crippen LogP contribution < -0.4 is 27.2 Å². The molecule has 0 bridgehead atoms. The third-order valence-corrected chi connectivity index (χ3v) is 4.70. The third-order valence-electron chi connectivity index (χ3n) is 4.70. The Labute approximate surface area is 194 Å². The Hall–Kier alpha value is -4.29. The molecule has 0 fully saturated rings. The fourth-order valence-corrected chi connectivity index (χ4v) is 2.92. The van der Waals surface area contributed by atoms with Crippen LogP contribution in [0, 0.1) is 0 Å². The minimum Gasteiger partial charge on any atom is -0.480 e. The largest absolute Gasteiger partial charge is 0.480 e. The van der Waals surface area contributed by atoms with E-state index in [0.29, 0.717) is 0 Å². The van der Waals surface area contributed by atoms with E-state index in [1.54, 1.807) is 24.3 Å². The second-order valence-electron chi connectivity index (χ2n) is 7.19. The van der Waals surface area contributed by atoms with Gasteiger partial charge in [0.25, 0.3) is 11.8 Å². The molecule has 12 nitrogen and oxygen atoms in total. The lowest BCUT2D eigenvalue weighted by atomic mass is 10.0. The molecule has 0 aliphatic rings. The Morgan fingerprint density at radius 2 is 1.50 bits per heavy atom. The topological polar surface area (TPSA) is 200 Å². The predicted octanol–water partition coefficient (Wildman–Crippen LogP) is -1.01. The molecular formula is C22H25N5O7. The lowest BCUT2D eigenvalue weighted by molar-refractivity contribution is -0.141. The molecule has 0 aliphatic heterocycles. The first-order chi connectivity index (χ1) is 16.2. The smallest absolute Gasteiger partial charge is 0.321 e. The number of nitrogens with two attached hydrogens (primary N) is 1. The van der Waals surface area contributed by atoms with Gasteiger partial charge in [0.15, 0.2) is 0 Å². The van der Waals surface area contributed by atoms with Crippen molar-refractivity contribution in [3.05, 3.63) is 60.2 Å². The molecule has 2 atom stereocenters. The number of carboxylic acids is 1. The van der Waals surface area contributed by atoms with Crippen molar-refractivity contribution in [2.75, 3.05) is 13.1 Å². The normalized spacial score (nSPS) is 12.1.